The molecule has 88 valence electrons. The average molecular weight is 221 g/mol. The molecule has 0 atom stereocenters. The van der Waals surface area contributed by atoms with Gasteiger partial charge in [0.15, 0.2) is 5.96 Å². The number of aliphatic imine (C=N–C) groups is 1. The highest BCUT2D eigenvalue weighted by Crippen LogP contribution is 2.16. The molecule has 1 aromatic rings. The van der Waals surface area contributed by atoms with Crippen LogP contribution in [0.1, 0.15) is 37.9 Å². The largest absolute Gasteiger partial charge is 0.370 e. The van der Waals surface area contributed by atoms with Crippen LogP contribution in [-0.4, -0.2) is 22.0 Å². The molecule has 16 heavy (non-hydrogen) atoms. The second-order valence-electron chi connectivity index (χ2n) is 4.22. The van der Waals surface area contributed by atoms with Crippen molar-refractivity contribution in [1.29, 1.82) is 0 Å². The quantitative estimate of drug-likeness (QED) is 0.529. The molecule has 5 nitrogen and oxygen atoms in total. The maximum Gasteiger partial charge on any atom is 0.189 e. The van der Waals surface area contributed by atoms with Crippen molar-refractivity contribution in [3.63, 3.8) is 0 Å². The summed E-state index contributed by atoms with van der Waals surface area (Å²) in [6.45, 7) is 0.512. The first-order valence-electron chi connectivity index (χ1n) is 5.89. The summed E-state index contributed by atoms with van der Waals surface area (Å²) in [4.78, 5) is 11.3. The number of rotatable bonds is 3. The highest BCUT2D eigenvalue weighted by Gasteiger charge is 2.13. The summed E-state index contributed by atoms with van der Waals surface area (Å²) in [6, 6.07) is 0.508. The Morgan fingerprint density at radius 2 is 2.31 bits per heavy atom. The van der Waals surface area contributed by atoms with E-state index in [4.69, 9.17) is 5.73 Å². The van der Waals surface area contributed by atoms with E-state index < -0.39 is 0 Å². The standard InChI is InChI=1S/C11H19N5/c12-11(15-8-10-13-6-7-14-10)16-9-4-2-1-3-5-9/h6-7,9H,1-5,8H2,(H,13,14)(H3,12,15,16). The van der Waals surface area contributed by atoms with E-state index >= 15 is 0 Å². The summed E-state index contributed by atoms with van der Waals surface area (Å²) in [6.07, 6.45) is 9.85. The van der Waals surface area contributed by atoms with Crippen molar-refractivity contribution in [2.24, 2.45) is 10.7 Å². The van der Waals surface area contributed by atoms with Gasteiger partial charge in [-0.1, -0.05) is 19.3 Å². The summed E-state index contributed by atoms with van der Waals surface area (Å²) in [7, 11) is 0. The van der Waals surface area contributed by atoms with Gasteiger partial charge in [0, 0.05) is 18.4 Å². The lowest BCUT2D eigenvalue weighted by Crippen LogP contribution is -2.41. The molecule has 0 spiro atoms. The fourth-order valence-corrected chi connectivity index (χ4v) is 2.05. The van der Waals surface area contributed by atoms with Gasteiger partial charge in [-0.15, -0.1) is 0 Å². The number of aromatic nitrogens is 2. The van der Waals surface area contributed by atoms with E-state index in [1.807, 2.05) is 0 Å². The second kappa shape index (κ2) is 5.53. The van der Waals surface area contributed by atoms with E-state index in [1.165, 1.54) is 32.1 Å². The zero-order valence-corrected chi connectivity index (χ0v) is 9.45. The van der Waals surface area contributed by atoms with Crippen molar-refractivity contribution in [3.8, 4) is 0 Å². The Balaban J connectivity index is 1.77. The van der Waals surface area contributed by atoms with Gasteiger partial charge >= 0.3 is 0 Å². The van der Waals surface area contributed by atoms with Crippen molar-refractivity contribution in [3.05, 3.63) is 18.2 Å². The Hall–Kier alpha value is -1.52. The Morgan fingerprint density at radius 3 is 3.00 bits per heavy atom. The smallest absolute Gasteiger partial charge is 0.189 e. The maximum atomic E-state index is 5.82. The molecule has 0 aliphatic heterocycles. The van der Waals surface area contributed by atoms with Gasteiger partial charge in [-0.25, -0.2) is 9.98 Å². The summed E-state index contributed by atoms with van der Waals surface area (Å²) in [5.74, 6) is 1.37. The summed E-state index contributed by atoms with van der Waals surface area (Å²) in [5.41, 5.74) is 5.82. The summed E-state index contributed by atoms with van der Waals surface area (Å²) < 4.78 is 0. The molecule has 4 N–H and O–H groups in total. The maximum absolute atomic E-state index is 5.82. The minimum absolute atomic E-state index is 0.508. The lowest BCUT2D eigenvalue weighted by molar-refractivity contribution is 0.412. The molecule has 0 amide bonds. The van der Waals surface area contributed by atoms with E-state index in [-0.39, 0.29) is 0 Å². The molecule has 1 aromatic heterocycles. The topological polar surface area (TPSA) is 79.1 Å². The number of H-pyrrole nitrogens is 1. The Morgan fingerprint density at radius 1 is 1.50 bits per heavy atom. The number of hydrogen-bond acceptors (Lipinski definition) is 2. The van der Waals surface area contributed by atoms with E-state index in [9.17, 15) is 0 Å². The minimum atomic E-state index is 0.508. The molecule has 1 aliphatic carbocycles. The van der Waals surface area contributed by atoms with Crippen LogP contribution in [0.5, 0.6) is 0 Å². The number of nitrogens with one attached hydrogen (secondary N) is 2. The monoisotopic (exact) mass is 221 g/mol. The summed E-state index contributed by atoms with van der Waals surface area (Å²) >= 11 is 0. The number of aromatic amines is 1. The van der Waals surface area contributed by atoms with Gasteiger partial charge in [0.2, 0.25) is 0 Å². The van der Waals surface area contributed by atoms with Crippen molar-refractivity contribution in [2.45, 2.75) is 44.7 Å². The third kappa shape index (κ3) is 3.25. The summed E-state index contributed by atoms with van der Waals surface area (Å²) in [5, 5.41) is 3.27. The number of nitrogens with two attached hydrogens (primary N) is 1. The fraction of sp³-hybridized carbons (Fsp3) is 0.636. The number of hydrogen-bond donors (Lipinski definition) is 3. The molecule has 1 saturated carbocycles. The number of guanidine groups is 1. The van der Waals surface area contributed by atoms with Gasteiger partial charge in [0.1, 0.15) is 12.4 Å². The van der Waals surface area contributed by atoms with Crippen LogP contribution in [0.25, 0.3) is 0 Å². The highest BCUT2D eigenvalue weighted by molar-refractivity contribution is 5.78. The van der Waals surface area contributed by atoms with Gasteiger partial charge in [-0.2, -0.15) is 0 Å². The van der Waals surface area contributed by atoms with E-state index in [2.05, 4.69) is 20.3 Å². The lowest BCUT2D eigenvalue weighted by atomic mass is 9.96. The Kier molecular flexibility index (Phi) is 3.80. The second-order valence-corrected chi connectivity index (χ2v) is 4.22. The molecular weight excluding hydrogens is 202 g/mol. The van der Waals surface area contributed by atoms with E-state index in [0.29, 0.717) is 18.5 Å². The van der Waals surface area contributed by atoms with Crippen LogP contribution >= 0.6 is 0 Å². The lowest BCUT2D eigenvalue weighted by Gasteiger charge is -2.23. The van der Waals surface area contributed by atoms with Crippen LogP contribution < -0.4 is 11.1 Å². The fourth-order valence-electron chi connectivity index (χ4n) is 2.05. The molecule has 0 bridgehead atoms. The van der Waals surface area contributed by atoms with Gasteiger partial charge in [-0.3, -0.25) is 0 Å². The molecule has 1 fully saturated rings. The SMILES string of the molecule is NC(=NCc1ncc[nH]1)NC1CCCCC1. The van der Waals surface area contributed by atoms with Crippen LogP contribution in [0.2, 0.25) is 0 Å². The predicted molar refractivity (Wildman–Crippen MR) is 63.9 cm³/mol. The molecule has 2 rings (SSSR count). The van der Waals surface area contributed by atoms with E-state index in [1.54, 1.807) is 12.4 Å². The van der Waals surface area contributed by atoms with Crippen LogP contribution in [0.15, 0.2) is 17.4 Å². The first-order chi connectivity index (χ1) is 7.84. The van der Waals surface area contributed by atoms with Crippen molar-refractivity contribution in [1.82, 2.24) is 15.3 Å². The number of imidazole rings is 1. The van der Waals surface area contributed by atoms with Gasteiger partial charge < -0.3 is 16.0 Å². The van der Waals surface area contributed by atoms with Gasteiger partial charge in [-0.05, 0) is 12.8 Å². The zero-order valence-electron chi connectivity index (χ0n) is 9.45. The molecule has 0 saturated heterocycles. The third-order valence-corrected chi connectivity index (χ3v) is 2.91. The molecule has 1 heterocycles. The number of nitrogens with zero attached hydrogens (tertiary/aromatic N) is 2. The predicted octanol–water partition coefficient (Wildman–Crippen LogP) is 1.15. The Bertz CT molecular complexity index is 324. The van der Waals surface area contributed by atoms with Crippen LogP contribution in [0.4, 0.5) is 0 Å². The van der Waals surface area contributed by atoms with Crippen molar-refractivity contribution < 1.29 is 0 Å². The average Bonchev–Trinajstić information content (AvgIpc) is 2.81. The minimum Gasteiger partial charge on any atom is -0.370 e. The van der Waals surface area contributed by atoms with E-state index in [0.717, 1.165) is 5.82 Å². The van der Waals surface area contributed by atoms with Gasteiger partial charge in [0.05, 0.1) is 0 Å². The van der Waals surface area contributed by atoms with Crippen LogP contribution in [-0.2, 0) is 6.54 Å². The Labute approximate surface area is 95.6 Å². The zero-order chi connectivity index (χ0) is 11.2. The normalized spacial score (nSPS) is 18.6. The third-order valence-electron chi connectivity index (χ3n) is 2.91. The van der Waals surface area contributed by atoms with Crippen molar-refractivity contribution >= 4 is 5.96 Å². The van der Waals surface area contributed by atoms with Crippen LogP contribution in [0.3, 0.4) is 0 Å². The van der Waals surface area contributed by atoms with Gasteiger partial charge in [0.25, 0.3) is 0 Å². The first-order valence-corrected chi connectivity index (χ1v) is 5.89. The first kappa shape index (κ1) is 11.0. The molecule has 0 radical (unpaired) electrons. The molecule has 5 heteroatoms. The molecule has 0 aromatic carbocycles. The van der Waals surface area contributed by atoms with Crippen molar-refractivity contribution in [2.75, 3.05) is 0 Å². The molecule has 1 aliphatic rings. The molecule has 0 unspecified atom stereocenters. The highest BCUT2D eigenvalue weighted by atomic mass is 15.1. The van der Waals surface area contributed by atoms with Crippen LogP contribution in [0, 0.1) is 0 Å². The molecular formula is C11H19N5.